The molecule has 0 saturated carbocycles. The summed E-state index contributed by atoms with van der Waals surface area (Å²) in [6.45, 7) is 3.19. The first-order chi connectivity index (χ1) is 9.72. The first kappa shape index (κ1) is 15.3. The topological polar surface area (TPSA) is 12.0 Å². The summed E-state index contributed by atoms with van der Waals surface area (Å²) in [4.78, 5) is 0. The summed E-state index contributed by atoms with van der Waals surface area (Å²) in [5, 5.41) is 3.31. The summed E-state index contributed by atoms with van der Waals surface area (Å²) in [7, 11) is 2.02. The van der Waals surface area contributed by atoms with Gasteiger partial charge in [0.1, 0.15) is 0 Å². The highest BCUT2D eigenvalue weighted by atomic mass is 79.9. The minimum absolute atomic E-state index is 0.514. The number of nitrogens with one attached hydrogen (secondary N) is 1. The van der Waals surface area contributed by atoms with Crippen molar-refractivity contribution in [2.75, 3.05) is 13.6 Å². The maximum atomic E-state index is 3.50. The summed E-state index contributed by atoms with van der Waals surface area (Å²) in [5.74, 6) is 0.514. The molecule has 0 bridgehead atoms. The third-order valence-electron chi connectivity index (χ3n) is 3.71. The second kappa shape index (κ2) is 7.61. The Balaban J connectivity index is 2.13. The van der Waals surface area contributed by atoms with Crippen LogP contribution >= 0.6 is 15.9 Å². The molecular formula is C18H22BrN. The van der Waals surface area contributed by atoms with Crippen molar-refractivity contribution in [1.29, 1.82) is 0 Å². The van der Waals surface area contributed by atoms with Gasteiger partial charge in [-0.1, -0.05) is 59.3 Å². The highest BCUT2D eigenvalue weighted by molar-refractivity contribution is 9.10. The van der Waals surface area contributed by atoms with E-state index in [9.17, 15) is 0 Å². The van der Waals surface area contributed by atoms with E-state index in [-0.39, 0.29) is 0 Å². The van der Waals surface area contributed by atoms with Gasteiger partial charge in [0.05, 0.1) is 0 Å². The first-order valence-electron chi connectivity index (χ1n) is 7.20. The molecule has 2 rings (SSSR count). The lowest BCUT2D eigenvalue weighted by atomic mass is 9.91. The Morgan fingerprint density at radius 3 is 2.10 bits per heavy atom. The second-order valence-electron chi connectivity index (χ2n) is 5.18. The molecule has 0 spiro atoms. The van der Waals surface area contributed by atoms with E-state index in [1.54, 1.807) is 0 Å². The minimum atomic E-state index is 0.514. The van der Waals surface area contributed by atoms with Gasteiger partial charge in [0.25, 0.3) is 0 Å². The zero-order valence-electron chi connectivity index (χ0n) is 12.2. The predicted molar refractivity (Wildman–Crippen MR) is 90.3 cm³/mol. The van der Waals surface area contributed by atoms with Gasteiger partial charge in [-0.15, -0.1) is 0 Å². The molecule has 1 N–H and O–H groups in total. The summed E-state index contributed by atoms with van der Waals surface area (Å²) in [5.41, 5.74) is 4.20. The Morgan fingerprint density at radius 1 is 0.950 bits per heavy atom. The van der Waals surface area contributed by atoms with E-state index in [4.69, 9.17) is 0 Å². The molecule has 0 aliphatic carbocycles. The molecule has 0 heterocycles. The molecule has 0 aliphatic rings. The van der Waals surface area contributed by atoms with Crippen LogP contribution in [0.25, 0.3) is 0 Å². The average Bonchev–Trinajstić information content (AvgIpc) is 2.48. The fourth-order valence-corrected chi connectivity index (χ4v) is 2.75. The molecule has 1 unspecified atom stereocenters. The van der Waals surface area contributed by atoms with Crippen LogP contribution in [0.15, 0.2) is 53.0 Å². The molecule has 20 heavy (non-hydrogen) atoms. The van der Waals surface area contributed by atoms with Gasteiger partial charge in [-0.05, 0) is 48.7 Å². The smallest absolute Gasteiger partial charge is 0.0175 e. The van der Waals surface area contributed by atoms with Gasteiger partial charge in [0, 0.05) is 16.9 Å². The van der Waals surface area contributed by atoms with Crippen LogP contribution in [0.1, 0.15) is 29.5 Å². The largest absolute Gasteiger partial charge is 0.319 e. The van der Waals surface area contributed by atoms with Crippen molar-refractivity contribution in [2.24, 2.45) is 0 Å². The molecule has 106 valence electrons. The van der Waals surface area contributed by atoms with Gasteiger partial charge in [-0.3, -0.25) is 0 Å². The molecule has 1 nitrogen and oxygen atoms in total. The molecule has 0 radical (unpaired) electrons. The van der Waals surface area contributed by atoms with E-state index in [1.807, 2.05) is 7.05 Å². The Morgan fingerprint density at radius 2 is 1.55 bits per heavy atom. The number of aryl methyl sites for hydroxylation is 1. The molecule has 2 aromatic rings. The summed E-state index contributed by atoms with van der Waals surface area (Å²) >= 11 is 3.50. The highest BCUT2D eigenvalue weighted by Gasteiger charge is 2.11. The summed E-state index contributed by atoms with van der Waals surface area (Å²) in [6, 6.07) is 17.7. The van der Waals surface area contributed by atoms with Crippen LogP contribution in [0.5, 0.6) is 0 Å². The Hall–Kier alpha value is -1.12. The zero-order chi connectivity index (χ0) is 14.4. The van der Waals surface area contributed by atoms with E-state index in [1.165, 1.54) is 16.7 Å². The van der Waals surface area contributed by atoms with Gasteiger partial charge < -0.3 is 5.32 Å². The van der Waals surface area contributed by atoms with Crippen molar-refractivity contribution in [3.05, 3.63) is 69.7 Å². The Labute approximate surface area is 130 Å². The average molecular weight is 332 g/mol. The van der Waals surface area contributed by atoms with E-state index >= 15 is 0 Å². The lowest BCUT2D eigenvalue weighted by Crippen LogP contribution is -2.19. The van der Waals surface area contributed by atoms with E-state index in [0.29, 0.717) is 5.92 Å². The number of benzene rings is 2. The molecular weight excluding hydrogens is 310 g/mol. The summed E-state index contributed by atoms with van der Waals surface area (Å²) in [6.07, 6.45) is 2.18. The molecule has 0 aromatic heterocycles. The van der Waals surface area contributed by atoms with Crippen LogP contribution in [0.2, 0.25) is 0 Å². The fourth-order valence-electron chi connectivity index (χ4n) is 2.48. The van der Waals surface area contributed by atoms with Crippen LogP contribution in [-0.2, 0) is 12.8 Å². The number of likely N-dealkylation sites (N-methyl/N-ethyl adjacent to an activating group) is 1. The van der Waals surface area contributed by atoms with Gasteiger partial charge in [-0.25, -0.2) is 0 Å². The third-order valence-corrected chi connectivity index (χ3v) is 4.23. The first-order valence-corrected chi connectivity index (χ1v) is 8.00. The molecule has 1 atom stereocenters. The Bertz CT molecular complexity index is 516. The van der Waals surface area contributed by atoms with E-state index in [2.05, 4.69) is 76.7 Å². The van der Waals surface area contributed by atoms with Gasteiger partial charge in [-0.2, -0.15) is 0 Å². The van der Waals surface area contributed by atoms with Gasteiger partial charge >= 0.3 is 0 Å². The van der Waals surface area contributed by atoms with Crippen LogP contribution in [0.3, 0.4) is 0 Å². The maximum Gasteiger partial charge on any atom is 0.0175 e. The molecule has 2 heteroatoms. The number of hydrogen-bond acceptors (Lipinski definition) is 1. The van der Waals surface area contributed by atoms with E-state index < -0.39 is 0 Å². The third kappa shape index (κ3) is 4.19. The Kier molecular flexibility index (Phi) is 5.81. The van der Waals surface area contributed by atoms with E-state index in [0.717, 1.165) is 23.9 Å². The molecule has 0 fully saturated rings. The number of hydrogen-bond donors (Lipinski definition) is 1. The monoisotopic (exact) mass is 331 g/mol. The highest BCUT2D eigenvalue weighted by Crippen LogP contribution is 2.22. The molecule has 2 aromatic carbocycles. The van der Waals surface area contributed by atoms with Crippen LogP contribution in [0.4, 0.5) is 0 Å². The quantitative estimate of drug-likeness (QED) is 0.818. The van der Waals surface area contributed by atoms with Crippen molar-refractivity contribution in [3.63, 3.8) is 0 Å². The lowest BCUT2D eigenvalue weighted by molar-refractivity contribution is 0.625. The fraction of sp³-hybridized carbons (Fsp3) is 0.333. The number of halogens is 1. The van der Waals surface area contributed by atoms with Crippen molar-refractivity contribution in [1.82, 2.24) is 5.32 Å². The van der Waals surface area contributed by atoms with Gasteiger partial charge in [0.15, 0.2) is 0 Å². The van der Waals surface area contributed by atoms with Crippen LogP contribution < -0.4 is 5.32 Å². The minimum Gasteiger partial charge on any atom is -0.319 e. The standard InChI is InChI=1S/C18H22BrN/c1-3-14-4-6-15(7-5-14)12-17(13-20-2)16-8-10-18(19)11-9-16/h4-11,17,20H,3,12-13H2,1-2H3. The maximum absolute atomic E-state index is 3.50. The zero-order valence-corrected chi connectivity index (χ0v) is 13.8. The molecule has 0 saturated heterocycles. The SMILES string of the molecule is CCc1ccc(CC(CNC)c2ccc(Br)cc2)cc1. The predicted octanol–water partition coefficient (Wildman–Crippen LogP) is 4.56. The second-order valence-corrected chi connectivity index (χ2v) is 6.10. The lowest BCUT2D eigenvalue weighted by Gasteiger charge is -2.17. The van der Waals surface area contributed by atoms with Crippen LogP contribution in [0, 0.1) is 0 Å². The summed E-state index contributed by atoms with van der Waals surface area (Å²) < 4.78 is 1.14. The molecule has 0 amide bonds. The van der Waals surface area contributed by atoms with Gasteiger partial charge in [0.2, 0.25) is 0 Å². The van der Waals surface area contributed by atoms with Crippen molar-refractivity contribution in [2.45, 2.75) is 25.7 Å². The van der Waals surface area contributed by atoms with Crippen molar-refractivity contribution in [3.8, 4) is 0 Å². The van der Waals surface area contributed by atoms with Crippen LogP contribution in [-0.4, -0.2) is 13.6 Å². The normalized spacial score (nSPS) is 12.3. The molecule has 0 aliphatic heterocycles. The van der Waals surface area contributed by atoms with Crippen molar-refractivity contribution < 1.29 is 0 Å². The number of rotatable bonds is 6. The van der Waals surface area contributed by atoms with Crippen molar-refractivity contribution >= 4 is 15.9 Å².